The Morgan fingerprint density at radius 2 is 2.11 bits per heavy atom. The van der Waals surface area contributed by atoms with Crippen LogP contribution in [0.3, 0.4) is 0 Å². The topological polar surface area (TPSA) is 120 Å². The van der Waals surface area contributed by atoms with E-state index in [1.54, 1.807) is 6.07 Å². The number of ether oxygens (including phenoxy) is 1. The van der Waals surface area contributed by atoms with Crippen LogP contribution in [0, 0.1) is 10.1 Å². The van der Waals surface area contributed by atoms with Crippen LogP contribution in [0.4, 0.5) is 10.5 Å². The molecule has 0 saturated carbocycles. The third-order valence-corrected chi connectivity index (χ3v) is 4.52. The first-order chi connectivity index (χ1) is 12.9. The lowest BCUT2D eigenvalue weighted by Crippen LogP contribution is -2.27. The minimum atomic E-state index is -0.666. The zero-order valence-corrected chi connectivity index (χ0v) is 14.7. The van der Waals surface area contributed by atoms with Crippen LogP contribution in [0.15, 0.2) is 45.7 Å². The van der Waals surface area contributed by atoms with Gasteiger partial charge in [0.1, 0.15) is 5.76 Å². The summed E-state index contributed by atoms with van der Waals surface area (Å²) in [4.78, 5) is 47.4. The molecule has 0 bridgehead atoms. The van der Waals surface area contributed by atoms with Crippen molar-refractivity contribution in [3.05, 3.63) is 68.5 Å². The van der Waals surface area contributed by atoms with Crippen molar-refractivity contribution in [2.75, 3.05) is 7.11 Å². The molecule has 1 aliphatic heterocycles. The van der Waals surface area contributed by atoms with Gasteiger partial charge in [-0.3, -0.25) is 24.6 Å². The summed E-state index contributed by atoms with van der Waals surface area (Å²) in [6, 6.07) is 8.59. The standard InChI is InChI=1S/C17H12N2O7S/c1-25-16(21)13-6-5-12(26-13)9-18-15(20)14(27-17(18)22)8-10-3-2-4-11(7-10)19(23)24/h2-8H,9H2,1H3/b14-8+. The van der Waals surface area contributed by atoms with Gasteiger partial charge in [0.05, 0.1) is 23.5 Å². The molecule has 1 fully saturated rings. The average molecular weight is 388 g/mol. The van der Waals surface area contributed by atoms with Gasteiger partial charge in [0.25, 0.3) is 16.8 Å². The Hall–Kier alpha value is -3.40. The summed E-state index contributed by atoms with van der Waals surface area (Å²) in [5.41, 5.74) is 0.314. The van der Waals surface area contributed by atoms with Crippen LogP contribution in [-0.4, -0.2) is 34.0 Å². The van der Waals surface area contributed by atoms with Crippen LogP contribution >= 0.6 is 11.8 Å². The molecule has 27 heavy (non-hydrogen) atoms. The Morgan fingerprint density at radius 3 is 2.81 bits per heavy atom. The highest BCUT2D eigenvalue weighted by Gasteiger charge is 2.35. The quantitative estimate of drug-likeness (QED) is 0.331. The summed E-state index contributed by atoms with van der Waals surface area (Å²) in [7, 11) is 1.21. The number of imide groups is 1. The van der Waals surface area contributed by atoms with Crippen LogP contribution < -0.4 is 0 Å². The number of nitrogens with zero attached hydrogens (tertiary/aromatic N) is 2. The van der Waals surface area contributed by atoms with Crippen molar-refractivity contribution in [2.45, 2.75) is 6.54 Å². The highest BCUT2D eigenvalue weighted by atomic mass is 32.2. The Morgan fingerprint density at radius 1 is 1.33 bits per heavy atom. The molecule has 0 atom stereocenters. The van der Waals surface area contributed by atoms with E-state index in [-0.39, 0.29) is 28.7 Å². The maximum atomic E-state index is 12.5. The molecule has 0 radical (unpaired) electrons. The van der Waals surface area contributed by atoms with Gasteiger partial charge in [-0.1, -0.05) is 12.1 Å². The number of rotatable bonds is 5. The third kappa shape index (κ3) is 3.90. The molecule has 0 N–H and O–H groups in total. The molecular weight excluding hydrogens is 376 g/mol. The fraction of sp³-hybridized carbons (Fsp3) is 0.118. The van der Waals surface area contributed by atoms with E-state index in [1.807, 2.05) is 0 Å². The van der Waals surface area contributed by atoms with Crippen LogP contribution in [0.25, 0.3) is 6.08 Å². The van der Waals surface area contributed by atoms with Gasteiger partial charge in [-0.05, 0) is 35.5 Å². The molecule has 3 rings (SSSR count). The number of non-ortho nitro benzene ring substituents is 1. The van der Waals surface area contributed by atoms with Crippen molar-refractivity contribution in [1.29, 1.82) is 0 Å². The summed E-state index contributed by atoms with van der Waals surface area (Å²) < 4.78 is 9.80. The molecule has 138 valence electrons. The molecule has 2 aromatic rings. The first kappa shape index (κ1) is 18.4. The second kappa shape index (κ2) is 7.46. The number of nitro benzene ring substituents is 1. The highest BCUT2D eigenvalue weighted by Crippen LogP contribution is 2.33. The number of thioether (sulfide) groups is 1. The number of benzene rings is 1. The minimum absolute atomic E-state index is 0.0355. The molecule has 1 saturated heterocycles. The zero-order chi connectivity index (χ0) is 19.6. The fourth-order valence-corrected chi connectivity index (χ4v) is 3.18. The molecule has 1 aliphatic rings. The Balaban J connectivity index is 1.79. The zero-order valence-electron chi connectivity index (χ0n) is 13.9. The second-order valence-corrected chi connectivity index (χ2v) is 6.37. The normalized spacial score (nSPS) is 15.4. The maximum absolute atomic E-state index is 12.5. The van der Waals surface area contributed by atoms with Crippen molar-refractivity contribution in [3.63, 3.8) is 0 Å². The third-order valence-electron chi connectivity index (χ3n) is 3.61. The summed E-state index contributed by atoms with van der Waals surface area (Å²) >= 11 is 0.723. The van der Waals surface area contributed by atoms with Gasteiger partial charge in [-0.15, -0.1) is 0 Å². The van der Waals surface area contributed by atoms with Gasteiger partial charge >= 0.3 is 5.97 Å². The molecule has 9 nitrogen and oxygen atoms in total. The van der Waals surface area contributed by atoms with E-state index in [0.717, 1.165) is 16.7 Å². The van der Waals surface area contributed by atoms with E-state index in [9.17, 15) is 24.5 Å². The van der Waals surface area contributed by atoms with E-state index >= 15 is 0 Å². The van der Waals surface area contributed by atoms with Crippen LogP contribution in [0.5, 0.6) is 0 Å². The lowest BCUT2D eigenvalue weighted by molar-refractivity contribution is -0.384. The van der Waals surface area contributed by atoms with Crippen molar-refractivity contribution in [3.8, 4) is 0 Å². The Bertz CT molecular complexity index is 979. The monoisotopic (exact) mass is 388 g/mol. The molecule has 2 heterocycles. The SMILES string of the molecule is COC(=O)c1ccc(CN2C(=O)S/C(=C/c3cccc([N+](=O)[O-])c3)C2=O)o1. The predicted octanol–water partition coefficient (Wildman–Crippen LogP) is 3.21. The lowest BCUT2D eigenvalue weighted by Gasteiger charge is -2.09. The molecule has 10 heteroatoms. The number of hydrogen-bond acceptors (Lipinski definition) is 8. The number of esters is 1. The summed E-state index contributed by atoms with van der Waals surface area (Å²) in [5.74, 6) is -1.01. The first-order valence-corrected chi connectivity index (χ1v) is 8.37. The van der Waals surface area contributed by atoms with Gasteiger partial charge < -0.3 is 9.15 Å². The Labute approximate surface area is 156 Å². The molecule has 2 amide bonds. The van der Waals surface area contributed by atoms with Gasteiger partial charge in [-0.2, -0.15) is 0 Å². The summed E-state index contributed by atoms with van der Waals surface area (Å²) in [6.45, 7) is -0.145. The van der Waals surface area contributed by atoms with Crippen molar-refractivity contribution >= 4 is 40.6 Å². The molecule has 1 aromatic carbocycles. The van der Waals surface area contributed by atoms with Gasteiger partial charge in [0, 0.05) is 12.1 Å². The number of nitro groups is 1. The van der Waals surface area contributed by atoms with Crippen LogP contribution in [-0.2, 0) is 16.1 Å². The minimum Gasteiger partial charge on any atom is -0.463 e. The van der Waals surface area contributed by atoms with E-state index in [4.69, 9.17) is 4.42 Å². The van der Waals surface area contributed by atoms with Crippen molar-refractivity contribution in [2.24, 2.45) is 0 Å². The van der Waals surface area contributed by atoms with Crippen LogP contribution in [0.1, 0.15) is 21.9 Å². The fourth-order valence-electron chi connectivity index (χ4n) is 2.34. The lowest BCUT2D eigenvalue weighted by atomic mass is 10.2. The van der Waals surface area contributed by atoms with Crippen molar-refractivity contribution in [1.82, 2.24) is 4.90 Å². The second-order valence-electron chi connectivity index (χ2n) is 5.38. The Kier molecular flexibility index (Phi) is 5.08. The van der Waals surface area contributed by atoms with E-state index in [1.165, 1.54) is 43.5 Å². The van der Waals surface area contributed by atoms with Crippen molar-refractivity contribution < 1.29 is 28.5 Å². The number of amides is 2. The highest BCUT2D eigenvalue weighted by molar-refractivity contribution is 8.18. The first-order valence-electron chi connectivity index (χ1n) is 7.56. The van der Waals surface area contributed by atoms with E-state index in [2.05, 4.69) is 4.74 Å². The average Bonchev–Trinajstić information content (AvgIpc) is 3.22. The molecule has 1 aromatic heterocycles. The van der Waals surface area contributed by atoms with Gasteiger partial charge in [0.15, 0.2) is 0 Å². The molecular formula is C17H12N2O7S. The number of furan rings is 1. The number of carbonyl (C=O) groups excluding carboxylic acids is 3. The maximum Gasteiger partial charge on any atom is 0.373 e. The predicted molar refractivity (Wildman–Crippen MR) is 94.7 cm³/mol. The summed E-state index contributed by atoms with van der Waals surface area (Å²) in [5, 5.41) is 10.3. The molecule has 0 unspecified atom stereocenters. The van der Waals surface area contributed by atoms with Crippen LogP contribution in [0.2, 0.25) is 0 Å². The van der Waals surface area contributed by atoms with Gasteiger partial charge in [-0.25, -0.2) is 4.79 Å². The number of methoxy groups -OCH3 is 1. The molecule has 0 aliphatic carbocycles. The van der Waals surface area contributed by atoms with Gasteiger partial charge in [0.2, 0.25) is 5.76 Å². The summed E-state index contributed by atoms with van der Waals surface area (Å²) in [6.07, 6.45) is 1.42. The number of hydrogen-bond donors (Lipinski definition) is 0. The number of carbonyl (C=O) groups is 3. The van der Waals surface area contributed by atoms with E-state index in [0.29, 0.717) is 5.56 Å². The van der Waals surface area contributed by atoms with E-state index < -0.39 is 22.0 Å². The smallest absolute Gasteiger partial charge is 0.373 e. The molecule has 0 spiro atoms. The largest absolute Gasteiger partial charge is 0.463 e.